The number of carbonyl (C=O) groups excluding carboxylic acids is 1. The van der Waals surface area contributed by atoms with E-state index in [1.807, 2.05) is 24.3 Å². The lowest BCUT2D eigenvalue weighted by molar-refractivity contribution is -0.141. The fourth-order valence-electron chi connectivity index (χ4n) is 3.89. The van der Waals surface area contributed by atoms with E-state index in [-0.39, 0.29) is 17.6 Å². The van der Waals surface area contributed by atoms with E-state index in [2.05, 4.69) is 25.7 Å². The number of aliphatic hydroxyl groups is 1. The third-order valence-corrected chi connectivity index (χ3v) is 6.07. The minimum absolute atomic E-state index is 0.0423. The van der Waals surface area contributed by atoms with Crippen molar-refractivity contribution < 1.29 is 23.1 Å². The molecule has 0 unspecified atom stereocenters. The summed E-state index contributed by atoms with van der Waals surface area (Å²) >= 11 is 0. The molecule has 31 heavy (non-hydrogen) atoms. The highest BCUT2D eigenvalue weighted by molar-refractivity contribution is 5.89. The summed E-state index contributed by atoms with van der Waals surface area (Å²) in [6.45, 7) is 7.94. The number of halogens is 3. The van der Waals surface area contributed by atoms with E-state index in [1.165, 1.54) is 17.7 Å². The molecule has 6 heteroatoms. The number of likely N-dealkylation sites (tertiary alicyclic amines) is 1. The van der Waals surface area contributed by atoms with Crippen molar-refractivity contribution in [1.29, 1.82) is 0 Å². The van der Waals surface area contributed by atoms with Crippen molar-refractivity contribution in [1.82, 2.24) is 4.90 Å². The summed E-state index contributed by atoms with van der Waals surface area (Å²) in [5, 5.41) is 10.9. The molecule has 1 aliphatic heterocycles. The van der Waals surface area contributed by atoms with Crippen molar-refractivity contribution in [2.45, 2.75) is 63.8 Å². The third-order valence-electron chi connectivity index (χ3n) is 6.07. The minimum Gasteiger partial charge on any atom is -0.382 e. The van der Waals surface area contributed by atoms with Gasteiger partial charge in [0.1, 0.15) is 5.60 Å². The van der Waals surface area contributed by atoms with Crippen molar-refractivity contribution in [2.75, 3.05) is 13.1 Å². The van der Waals surface area contributed by atoms with E-state index >= 15 is 0 Å². The topological polar surface area (TPSA) is 40.5 Å². The quantitative estimate of drug-likeness (QED) is 0.710. The smallest absolute Gasteiger partial charge is 0.382 e. The van der Waals surface area contributed by atoms with Gasteiger partial charge in [-0.25, -0.2) is 0 Å². The molecule has 1 aliphatic rings. The van der Waals surface area contributed by atoms with Crippen LogP contribution in [0.5, 0.6) is 0 Å². The lowest BCUT2D eigenvalue weighted by atomic mass is 9.83. The molecule has 1 saturated heterocycles. The Hall–Kier alpha value is -2.18. The van der Waals surface area contributed by atoms with Crippen LogP contribution in [-0.2, 0) is 29.4 Å². The number of nitrogens with zero attached hydrogens (tertiary/aromatic N) is 1. The maximum atomic E-state index is 12.8. The molecule has 2 aromatic carbocycles. The van der Waals surface area contributed by atoms with E-state index in [9.17, 15) is 23.1 Å². The second-order valence-electron chi connectivity index (χ2n) is 9.55. The van der Waals surface area contributed by atoms with Gasteiger partial charge >= 0.3 is 6.18 Å². The van der Waals surface area contributed by atoms with Crippen LogP contribution < -0.4 is 0 Å². The Morgan fingerprint density at radius 3 is 1.87 bits per heavy atom. The second kappa shape index (κ2) is 8.75. The van der Waals surface area contributed by atoms with Gasteiger partial charge in [-0.1, -0.05) is 57.2 Å². The Kier molecular flexibility index (Phi) is 6.63. The molecule has 0 aliphatic carbocycles. The van der Waals surface area contributed by atoms with Crippen molar-refractivity contribution >= 4 is 5.78 Å². The van der Waals surface area contributed by atoms with Crippen LogP contribution in [0.4, 0.5) is 13.2 Å². The van der Waals surface area contributed by atoms with Gasteiger partial charge in [-0.05, 0) is 47.1 Å². The summed E-state index contributed by atoms with van der Waals surface area (Å²) < 4.78 is 38.1. The number of hydrogen-bond donors (Lipinski definition) is 1. The van der Waals surface area contributed by atoms with E-state index in [0.717, 1.165) is 23.3 Å². The molecule has 168 valence electrons. The molecule has 0 bridgehead atoms. The first-order chi connectivity index (χ1) is 14.4. The Balaban J connectivity index is 1.54. The lowest BCUT2D eigenvalue weighted by Gasteiger charge is -2.37. The van der Waals surface area contributed by atoms with Gasteiger partial charge in [0.2, 0.25) is 0 Å². The van der Waals surface area contributed by atoms with Crippen molar-refractivity contribution in [2.24, 2.45) is 0 Å². The van der Waals surface area contributed by atoms with Crippen molar-refractivity contribution in [3.8, 4) is 0 Å². The normalized spacial score (nSPS) is 17.5. The number of benzene rings is 2. The maximum absolute atomic E-state index is 12.8. The largest absolute Gasteiger partial charge is 0.416 e. The molecule has 0 radical (unpaired) electrons. The first kappa shape index (κ1) is 23.5. The zero-order chi connectivity index (χ0) is 22.9. The Labute approximate surface area is 181 Å². The van der Waals surface area contributed by atoms with Crippen molar-refractivity contribution in [3.63, 3.8) is 0 Å². The molecule has 1 N–H and O–H groups in total. The number of ketones is 1. The highest BCUT2D eigenvalue weighted by Gasteiger charge is 2.38. The zero-order valence-corrected chi connectivity index (χ0v) is 18.3. The highest BCUT2D eigenvalue weighted by atomic mass is 19.4. The summed E-state index contributed by atoms with van der Waals surface area (Å²) in [5.41, 5.74) is 0.895. The summed E-state index contributed by atoms with van der Waals surface area (Å²) in [6.07, 6.45) is -3.49. The highest BCUT2D eigenvalue weighted by Crippen LogP contribution is 2.30. The molecule has 1 heterocycles. The SMILES string of the molecule is CC(C)(C)c1ccc(CC(=O)C2(O)CCN(Cc3ccc(C(F)(F)F)cc3)CC2)cc1. The van der Waals surface area contributed by atoms with Crippen LogP contribution in [0, 0.1) is 0 Å². The molecule has 0 amide bonds. The van der Waals surface area contributed by atoms with Crippen molar-refractivity contribution in [3.05, 3.63) is 70.8 Å². The van der Waals surface area contributed by atoms with Gasteiger partial charge in [0.25, 0.3) is 0 Å². The predicted octanol–water partition coefficient (Wildman–Crippen LogP) is 5.14. The van der Waals surface area contributed by atoms with Crippen LogP contribution in [-0.4, -0.2) is 34.5 Å². The first-order valence-corrected chi connectivity index (χ1v) is 10.6. The van der Waals surface area contributed by atoms with E-state index in [4.69, 9.17) is 0 Å². The third kappa shape index (κ3) is 5.95. The Morgan fingerprint density at radius 2 is 1.39 bits per heavy atom. The molecule has 3 nitrogen and oxygen atoms in total. The zero-order valence-electron chi connectivity index (χ0n) is 18.3. The fourth-order valence-corrected chi connectivity index (χ4v) is 3.89. The van der Waals surface area contributed by atoms with Crippen LogP contribution in [0.3, 0.4) is 0 Å². The van der Waals surface area contributed by atoms with Gasteiger partial charge in [0, 0.05) is 26.1 Å². The molecular weight excluding hydrogens is 403 g/mol. The first-order valence-electron chi connectivity index (χ1n) is 10.6. The van der Waals surface area contributed by atoms with Gasteiger partial charge in [-0.3, -0.25) is 9.69 Å². The van der Waals surface area contributed by atoms with Gasteiger partial charge in [0.15, 0.2) is 5.78 Å². The fraction of sp³-hybridized carbons (Fsp3) is 0.480. The Morgan fingerprint density at radius 1 is 0.903 bits per heavy atom. The number of Topliss-reactive ketones (excluding diaryl/α,β-unsaturated/α-hetero) is 1. The molecule has 3 rings (SSSR count). The van der Waals surface area contributed by atoms with E-state index < -0.39 is 17.3 Å². The number of carbonyl (C=O) groups is 1. The number of rotatable bonds is 5. The van der Waals surface area contributed by atoms with Crippen LogP contribution in [0.2, 0.25) is 0 Å². The minimum atomic E-state index is -4.34. The maximum Gasteiger partial charge on any atom is 0.416 e. The average molecular weight is 434 g/mol. The molecule has 0 aromatic heterocycles. The van der Waals surface area contributed by atoms with E-state index in [0.29, 0.717) is 32.5 Å². The summed E-state index contributed by atoms with van der Waals surface area (Å²) in [5.74, 6) is -0.176. The van der Waals surface area contributed by atoms with Crippen LogP contribution in [0.15, 0.2) is 48.5 Å². The summed E-state index contributed by atoms with van der Waals surface area (Å²) in [6, 6.07) is 13.1. The monoisotopic (exact) mass is 433 g/mol. The van der Waals surface area contributed by atoms with Gasteiger partial charge < -0.3 is 5.11 Å². The summed E-state index contributed by atoms with van der Waals surface area (Å²) in [4.78, 5) is 14.9. The molecule has 1 fully saturated rings. The lowest BCUT2D eigenvalue weighted by Crippen LogP contribution is -2.49. The molecule has 0 spiro atoms. The van der Waals surface area contributed by atoms with Gasteiger partial charge in [-0.2, -0.15) is 13.2 Å². The number of piperidine rings is 1. The molecule has 0 saturated carbocycles. The second-order valence-corrected chi connectivity index (χ2v) is 9.55. The van der Waals surface area contributed by atoms with Gasteiger partial charge in [-0.15, -0.1) is 0 Å². The molecule has 2 aromatic rings. The van der Waals surface area contributed by atoms with Crippen LogP contribution in [0.1, 0.15) is 55.9 Å². The number of hydrogen-bond acceptors (Lipinski definition) is 3. The van der Waals surface area contributed by atoms with Crippen LogP contribution in [0.25, 0.3) is 0 Å². The average Bonchev–Trinajstić information content (AvgIpc) is 2.69. The predicted molar refractivity (Wildman–Crippen MR) is 115 cm³/mol. The van der Waals surface area contributed by atoms with Crippen LogP contribution >= 0.6 is 0 Å². The Bertz CT molecular complexity index is 888. The van der Waals surface area contributed by atoms with E-state index in [1.54, 1.807) is 0 Å². The molecule has 0 atom stereocenters. The molecular formula is C25H30F3NO2. The number of alkyl halides is 3. The van der Waals surface area contributed by atoms with Gasteiger partial charge in [0.05, 0.1) is 5.56 Å². The standard InChI is InChI=1S/C25H30F3NO2/c1-23(2,3)20-8-4-18(5-9-20)16-22(30)24(31)12-14-29(15-13-24)17-19-6-10-21(11-7-19)25(26,27)28/h4-11,31H,12-17H2,1-3H3. The summed E-state index contributed by atoms with van der Waals surface area (Å²) in [7, 11) is 0.